The summed E-state index contributed by atoms with van der Waals surface area (Å²) in [6.07, 6.45) is 6.31. The third kappa shape index (κ3) is 3.47. The van der Waals surface area contributed by atoms with E-state index < -0.39 is 0 Å². The van der Waals surface area contributed by atoms with Gasteiger partial charge in [0.05, 0.1) is 0 Å². The third-order valence-electron chi connectivity index (χ3n) is 4.30. The Morgan fingerprint density at radius 2 is 1.77 bits per heavy atom. The maximum atomic E-state index is 12.6. The van der Waals surface area contributed by atoms with E-state index in [9.17, 15) is 4.79 Å². The van der Waals surface area contributed by atoms with Crippen molar-refractivity contribution in [3.05, 3.63) is 90.4 Å². The molecule has 0 aliphatic heterocycles. The molecule has 26 heavy (non-hydrogen) atoms. The normalized spacial score (nSPS) is 10.8. The zero-order valence-electron chi connectivity index (χ0n) is 14.2. The molecule has 5 nitrogen and oxygen atoms in total. The van der Waals surface area contributed by atoms with Crippen LogP contribution in [0.25, 0.3) is 10.8 Å². The zero-order chi connectivity index (χ0) is 17.8. The van der Waals surface area contributed by atoms with Gasteiger partial charge in [0.2, 0.25) is 0 Å². The molecule has 0 aliphatic carbocycles. The Kier molecular flexibility index (Phi) is 4.43. The highest BCUT2D eigenvalue weighted by Crippen LogP contribution is 2.19. The lowest BCUT2D eigenvalue weighted by atomic mass is 10.0. The number of nitrogens with one attached hydrogen (secondary N) is 1. The Bertz CT molecular complexity index is 1030. The van der Waals surface area contributed by atoms with Crippen molar-refractivity contribution in [2.45, 2.75) is 13.0 Å². The lowest BCUT2D eigenvalue weighted by molar-refractivity contribution is 0.102. The molecule has 0 atom stereocenters. The Morgan fingerprint density at radius 3 is 2.65 bits per heavy atom. The summed E-state index contributed by atoms with van der Waals surface area (Å²) in [5, 5.41) is 9.31. The number of amides is 1. The number of hydrogen-bond donors (Lipinski definition) is 1. The average Bonchev–Trinajstić information content (AvgIpc) is 3.14. The minimum absolute atomic E-state index is 0.152. The quantitative estimate of drug-likeness (QED) is 0.598. The molecule has 0 fully saturated rings. The molecule has 1 amide bonds. The SMILES string of the molecule is O=C(Nc1ccn(CCc2ccncc2)n1)c1cccc2ccccc12. The van der Waals surface area contributed by atoms with Crippen LogP contribution in [0.4, 0.5) is 5.82 Å². The Labute approximate surface area is 151 Å². The smallest absolute Gasteiger partial charge is 0.257 e. The number of pyridine rings is 1. The molecule has 4 rings (SSSR count). The highest BCUT2D eigenvalue weighted by atomic mass is 16.1. The molecular formula is C21H18N4O. The fourth-order valence-corrected chi connectivity index (χ4v) is 2.95. The van der Waals surface area contributed by atoms with Crippen LogP contribution in [0.5, 0.6) is 0 Å². The van der Waals surface area contributed by atoms with Gasteiger partial charge in [-0.25, -0.2) is 0 Å². The average molecular weight is 342 g/mol. The van der Waals surface area contributed by atoms with Gasteiger partial charge in [-0.3, -0.25) is 14.5 Å². The second-order valence-electron chi connectivity index (χ2n) is 6.05. The van der Waals surface area contributed by atoms with Crippen molar-refractivity contribution in [1.29, 1.82) is 0 Å². The monoisotopic (exact) mass is 342 g/mol. The Morgan fingerprint density at radius 1 is 0.962 bits per heavy atom. The van der Waals surface area contributed by atoms with Crippen LogP contribution in [0.3, 0.4) is 0 Å². The number of rotatable bonds is 5. The van der Waals surface area contributed by atoms with E-state index in [1.165, 1.54) is 5.56 Å². The summed E-state index contributed by atoms with van der Waals surface area (Å²) in [4.78, 5) is 16.7. The van der Waals surface area contributed by atoms with E-state index in [4.69, 9.17) is 0 Å². The van der Waals surface area contributed by atoms with E-state index in [-0.39, 0.29) is 5.91 Å². The first-order valence-corrected chi connectivity index (χ1v) is 8.51. The number of hydrogen-bond acceptors (Lipinski definition) is 3. The number of benzene rings is 2. The van der Waals surface area contributed by atoms with Crippen molar-refractivity contribution in [1.82, 2.24) is 14.8 Å². The third-order valence-corrected chi connectivity index (χ3v) is 4.30. The van der Waals surface area contributed by atoms with Crippen molar-refractivity contribution in [2.75, 3.05) is 5.32 Å². The first kappa shape index (κ1) is 16.0. The van der Waals surface area contributed by atoms with Crippen LogP contribution >= 0.6 is 0 Å². The highest BCUT2D eigenvalue weighted by molar-refractivity contribution is 6.12. The summed E-state index contributed by atoms with van der Waals surface area (Å²) in [5.74, 6) is 0.402. The second-order valence-corrected chi connectivity index (χ2v) is 6.05. The van der Waals surface area contributed by atoms with Crippen molar-refractivity contribution in [3.8, 4) is 0 Å². The standard InChI is InChI=1S/C21H18N4O/c26-21(19-7-3-5-17-4-1-2-6-18(17)19)23-20-11-15-25(24-20)14-10-16-8-12-22-13-9-16/h1-9,11-13,15H,10,14H2,(H,23,24,26). The summed E-state index contributed by atoms with van der Waals surface area (Å²) >= 11 is 0. The Hall–Kier alpha value is -3.47. The van der Waals surface area contributed by atoms with Gasteiger partial charge in [-0.2, -0.15) is 5.10 Å². The van der Waals surface area contributed by atoms with E-state index in [0.717, 1.165) is 23.7 Å². The molecule has 2 aromatic heterocycles. The van der Waals surface area contributed by atoms with Crippen LogP contribution < -0.4 is 5.32 Å². The van der Waals surface area contributed by atoms with Gasteiger partial charge in [0.15, 0.2) is 5.82 Å². The number of aryl methyl sites for hydroxylation is 2. The summed E-state index contributed by atoms with van der Waals surface area (Å²) < 4.78 is 1.83. The summed E-state index contributed by atoms with van der Waals surface area (Å²) in [5.41, 5.74) is 1.85. The van der Waals surface area contributed by atoms with E-state index in [1.807, 2.05) is 71.5 Å². The van der Waals surface area contributed by atoms with Gasteiger partial charge in [0, 0.05) is 36.8 Å². The van der Waals surface area contributed by atoms with E-state index in [2.05, 4.69) is 15.4 Å². The minimum atomic E-state index is -0.152. The maximum Gasteiger partial charge on any atom is 0.257 e. The summed E-state index contributed by atoms with van der Waals surface area (Å²) in [6.45, 7) is 0.744. The topological polar surface area (TPSA) is 59.8 Å². The molecule has 0 bridgehead atoms. The predicted molar refractivity (Wildman–Crippen MR) is 102 cm³/mol. The molecular weight excluding hydrogens is 324 g/mol. The van der Waals surface area contributed by atoms with Crippen molar-refractivity contribution in [3.63, 3.8) is 0 Å². The molecule has 128 valence electrons. The number of anilines is 1. The van der Waals surface area contributed by atoms with Gasteiger partial charge >= 0.3 is 0 Å². The molecule has 2 heterocycles. The maximum absolute atomic E-state index is 12.6. The van der Waals surface area contributed by atoms with Crippen molar-refractivity contribution < 1.29 is 4.79 Å². The summed E-state index contributed by atoms with van der Waals surface area (Å²) in [7, 11) is 0. The molecule has 0 aliphatic rings. The van der Waals surface area contributed by atoms with Gasteiger partial charge in [-0.15, -0.1) is 0 Å². The molecule has 0 saturated carbocycles. The van der Waals surface area contributed by atoms with Gasteiger partial charge in [0.25, 0.3) is 5.91 Å². The highest BCUT2D eigenvalue weighted by Gasteiger charge is 2.11. The van der Waals surface area contributed by atoms with Crippen LogP contribution in [0.15, 0.2) is 79.3 Å². The molecule has 2 aromatic carbocycles. The van der Waals surface area contributed by atoms with Crippen molar-refractivity contribution in [2.24, 2.45) is 0 Å². The number of fused-ring (bicyclic) bond motifs is 1. The van der Waals surface area contributed by atoms with Gasteiger partial charge in [-0.05, 0) is 41.0 Å². The van der Waals surface area contributed by atoms with E-state index in [0.29, 0.717) is 11.4 Å². The lowest BCUT2D eigenvalue weighted by Gasteiger charge is -2.06. The van der Waals surface area contributed by atoms with Crippen LogP contribution in [0.2, 0.25) is 0 Å². The molecule has 4 aromatic rings. The first-order chi connectivity index (χ1) is 12.8. The molecule has 0 unspecified atom stereocenters. The van der Waals surface area contributed by atoms with Gasteiger partial charge in [0.1, 0.15) is 0 Å². The number of aromatic nitrogens is 3. The van der Waals surface area contributed by atoms with Crippen LogP contribution in [-0.4, -0.2) is 20.7 Å². The van der Waals surface area contributed by atoms with Crippen LogP contribution in [0.1, 0.15) is 15.9 Å². The van der Waals surface area contributed by atoms with Gasteiger partial charge in [-0.1, -0.05) is 36.4 Å². The lowest BCUT2D eigenvalue weighted by Crippen LogP contribution is -2.13. The Balaban J connectivity index is 1.46. The number of nitrogens with zero attached hydrogens (tertiary/aromatic N) is 3. The molecule has 0 radical (unpaired) electrons. The molecule has 0 spiro atoms. The second kappa shape index (κ2) is 7.19. The minimum Gasteiger partial charge on any atom is -0.305 e. The number of carbonyl (C=O) groups is 1. The largest absolute Gasteiger partial charge is 0.305 e. The summed E-state index contributed by atoms with van der Waals surface area (Å²) in [6, 6.07) is 19.4. The molecule has 0 saturated heterocycles. The molecule has 1 N–H and O–H groups in total. The fourth-order valence-electron chi connectivity index (χ4n) is 2.95. The van der Waals surface area contributed by atoms with Gasteiger partial charge < -0.3 is 5.32 Å². The van der Waals surface area contributed by atoms with Crippen LogP contribution in [0, 0.1) is 0 Å². The van der Waals surface area contributed by atoms with Crippen LogP contribution in [-0.2, 0) is 13.0 Å². The van der Waals surface area contributed by atoms with Crippen molar-refractivity contribution >= 4 is 22.5 Å². The zero-order valence-corrected chi connectivity index (χ0v) is 14.2. The molecule has 5 heteroatoms. The number of carbonyl (C=O) groups excluding carboxylic acids is 1. The van der Waals surface area contributed by atoms with E-state index >= 15 is 0 Å². The van der Waals surface area contributed by atoms with E-state index in [1.54, 1.807) is 12.4 Å². The predicted octanol–water partition coefficient (Wildman–Crippen LogP) is 3.93. The fraction of sp³-hybridized carbons (Fsp3) is 0.0952. The first-order valence-electron chi connectivity index (χ1n) is 8.51.